The lowest BCUT2D eigenvalue weighted by atomic mass is 9.84. The van der Waals surface area contributed by atoms with Crippen molar-refractivity contribution < 1.29 is 5.11 Å². The second kappa shape index (κ2) is 4.76. The first kappa shape index (κ1) is 13.5. The standard InChI is InChI=1S/C12H21ClN2O/c1-6-12(16,8(2)3)11-10(13)7-14-15(11)9(4)5/h7-9,16H,6H2,1-5H3. The van der Waals surface area contributed by atoms with Gasteiger partial charge in [0.1, 0.15) is 5.60 Å². The number of rotatable bonds is 4. The Morgan fingerprint density at radius 3 is 2.38 bits per heavy atom. The van der Waals surface area contributed by atoms with Gasteiger partial charge in [0, 0.05) is 6.04 Å². The summed E-state index contributed by atoms with van der Waals surface area (Å²) in [5.74, 6) is 0.101. The third-order valence-corrected chi connectivity index (χ3v) is 3.42. The van der Waals surface area contributed by atoms with Crippen LogP contribution in [0.2, 0.25) is 5.02 Å². The van der Waals surface area contributed by atoms with Crippen LogP contribution in [0.1, 0.15) is 52.8 Å². The Hall–Kier alpha value is -0.540. The molecule has 0 aliphatic heterocycles. The summed E-state index contributed by atoms with van der Waals surface area (Å²) < 4.78 is 1.81. The largest absolute Gasteiger partial charge is 0.383 e. The van der Waals surface area contributed by atoms with Gasteiger partial charge in [0.15, 0.2) is 0 Å². The molecule has 0 aromatic carbocycles. The Morgan fingerprint density at radius 1 is 1.44 bits per heavy atom. The predicted octanol–water partition coefficient (Wildman–Crippen LogP) is 3.37. The number of hydrogen-bond donors (Lipinski definition) is 1. The molecule has 1 aromatic rings. The SMILES string of the molecule is CCC(O)(c1c(Cl)cnn1C(C)C)C(C)C. The van der Waals surface area contributed by atoms with Crippen LogP contribution >= 0.6 is 11.6 Å². The number of halogens is 1. The molecule has 0 radical (unpaired) electrons. The third-order valence-electron chi connectivity index (χ3n) is 3.14. The number of hydrogen-bond acceptors (Lipinski definition) is 2. The molecule has 16 heavy (non-hydrogen) atoms. The van der Waals surface area contributed by atoms with Crippen molar-refractivity contribution >= 4 is 11.6 Å². The maximum atomic E-state index is 10.7. The Morgan fingerprint density at radius 2 is 2.00 bits per heavy atom. The zero-order valence-electron chi connectivity index (χ0n) is 10.7. The zero-order valence-corrected chi connectivity index (χ0v) is 11.4. The van der Waals surface area contributed by atoms with Crippen molar-refractivity contribution in [2.45, 2.75) is 52.7 Å². The van der Waals surface area contributed by atoms with Crippen LogP contribution in [0.3, 0.4) is 0 Å². The molecule has 92 valence electrons. The zero-order chi connectivity index (χ0) is 12.5. The van der Waals surface area contributed by atoms with E-state index in [-0.39, 0.29) is 12.0 Å². The van der Waals surface area contributed by atoms with Gasteiger partial charge in [0.2, 0.25) is 0 Å². The summed E-state index contributed by atoms with van der Waals surface area (Å²) in [5.41, 5.74) is -0.167. The molecular weight excluding hydrogens is 224 g/mol. The molecule has 0 saturated carbocycles. The first-order valence-corrected chi connectivity index (χ1v) is 6.18. The predicted molar refractivity (Wildman–Crippen MR) is 66.6 cm³/mol. The average molecular weight is 245 g/mol. The molecule has 4 heteroatoms. The van der Waals surface area contributed by atoms with Crippen LogP contribution in [0.4, 0.5) is 0 Å². The van der Waals surface area contributed by atoms with Crippen LogP contribution in [-0.4, -0.2) is 14.9 Å². The number of aromatic nitrogens is 2. The summed E-state index contributed by atoms with van der Waals surface area (Å²) in [7, 11) is 0. The second-order valence-electron chi connectivity index (χ2n) is 4.81. The lowest BCUT2D eigenvalue weighted by Gasteiger charge is -2.33. The molecule has 0 aliphatic rings. The summed E-state index contributed by atoms with van der Waals surface area (Å²) in [6.45, 7) is 10.0. The van der Waals surface area contributed by atoms with Crippen molar-refractivity contribution in [3.63, 3.8) is 0 Å². The molecule has 3 nitrogen and oxygen atoms in total. The van der Waals surface area contributed by atoms with Crippen molar-refractivity contribution in [3.05, 3.63) is 16.9 Å². The quantitative estimate of drug-likeness (QED) is 0.882. The summed E-state index contributed by atoms with van der Waals surface area (Å²) in [4.78, 5) is 0. The van der Waals surface area contributed by atoms with Gasteiger partial charge >= 0.3 is 0 Å². The van der Waals surface area contributed by atoms with Gasteiger partial charge in [-0.15, -0.1) is 0 Å². The lowest BCUT2D eigenvalue weighted by molar-refractivity contribution is -0.0228. The van der Waals surface area contributed by atoms with Gasteiger partial charge in [-0.05, 0) is 26.2 Å². The summed E-state index contributed by atoms with van der Waals surface area (Å²) in [6, 6.07) is 0.194. The van der Waals surface area contributed by atoms with Gasteiger partial charge in [-0.1, -0.05) is 32.4 Å². The highest BCUT2D eigenvalue weighted by Gasteiger charge is 2.37. The van der Waals surface area contributed by atoms with Crippen molar-refractivity contribution in [2.24, 2.45) is 5.92 Å². The Bertz CT molecular complexity index is 360. The molecular formula is C12H21ClN2O. The summed E-state index contributed by atoms with van der Waals surface area (Å²) >= 11 is 6.15. The first-order chi connectivity index (χ1) is 7.34. The van der Waals surface area contributed by atoms with E-state index in [0.717, 1.165) is 5.69 Å². The van der Waals surface area contributed by atoms with E-state index in [2.05, 4.69) is 5.10 Å². The fourth-order valence-corrected chi connectivity index (χ4v) is 2.28. The topological polar surface area (TPSA) is 38.1 Å². The van der Waals surface area contributed by atoms with Gasteiger partial charge in [-0.3, -0.25) is 4.68 Å². The van der Waals surface area contributed by atoms with E-state index in [1.54, 1.807) is 6.20 Å². The maximum Gasteiger partial charge on any atom is 0.110 e. The molecule has 1 aromatic heterocycles. The highest BCUT2D eigenvalue weighted by Crippen LogP contribution is 2.37. The van der Waals surface area contributed by atoms with Crippen molar-refractivity contribution in [3.8, 4) is 0 Å². The molecule has 0 saturated heterocycles. The van der Waals surface area contributed by atoms with Gasteiger partial charge in [0.05, 0.1) is 16.9 Å². The van der Waals surface area contributed by atoms with Gasteiger partial charge in [0.25, 0.3) is 0 Å². The number of aliphatic hydroxyl groups is 1. The van der Waals surface area contributed by atoms with E-state index in [9.17, 15) is 5.11 Å². The molecule has 1 unspecified atom stereocenters. The number of nitrogens with zero attached hydrogens (tertiary/aromatic N) is 2. The molecule has 0 aliphatic carbocycles. The van der Waals surface area contributed by atoms with Crippen molar-refractivity contribution in [1.29, 1.82) is 0 Å². The molecule has 0 fully saturated rings. The Kier molecular flexibility index (Phi) is 4.02. The van der Waals surface area contributed by atoms with E-state index in [0.29, 0.717) is 11.4 Å². The van der Waals surface area contributed by atoms with Crippen LogP contribution in [0, 0.1) is 5.92 Å². The molecule has 0 bridgehead atoms. The monoisotopic (exact) mass is 244 g/mol. The van der Waals surface area contributed by atoms with E-state index < -0.39 is 5.60 Å². The highest BCUT2D eigenvalue weighted by molar-refractivity contribution is 6.31. The lowest BCUT2D eigenvalue weighted by Crippen LogP contribution is -2.34. The van der Waals surface area contributed by atoms with E-state index >= 15 is 0 Å². The molecule has 1 heterocycles. The summed E-state index contributed by atoms with van der Waals surface area (Å²) in [6.07, 6.45) is 2.24. The van der Waals surface area contributed by atoms with Crippen molar-refractivity contribution in [2.75, 3.05) is 0 Å². The van der Waals surface area contributed by atoms with E-state index in [1.165, 1.54) is 0 Å². The maximum absolute atomic E-state index is 10.7. The fourth-order valence-electron chi connectivity index (χ4n) is 1.99. The van der Waals surface area contributed by atoms with Gasteiger partial charge in [-0.2, -0.15) is 5.10 Å². The van der Waals surface area contributed by atoms with Crippen LogP contribution in [0.25, 0.3) is 0 Å². The first-order valence-electron chi connectivity index (χ1n) is 5.80. The average Bonchev–Trinajstić information content (AvgIpc) is 2.59. The molecule has 0 spiro atoms. The van der Waals surface area contributed by atoms with E-state index in [1.807, 2.05) is 39.3 Å². The second-order valence-corrected chi connectivity index (χ2v) is 5.22. The smallest absolute Gasteiger partial charge is 0.110 e. The Balaban J connectivity index is 3.34. The van der Waals surface area contributed by atoms with Crippen LogP contribution < -0.4 is 0 Å². The summed E-state index contributed by atoms with van der Waals surface area (Å²) in [5, 5.41) is 15.5. The van der Waals surface area contributed by atoms with E-state index in [4.69, 9.17) is 11.6 Å². The van der Waals surface area contributed by atoms with Gasteiger partial charge < -0.3 is 5.11 Å². The molecule has 1 atom stereocenters. The Labute approximate surface area is 102 Å². The minimum atomic E-state index is -0.905. The third kappa shape index (κ3) is 2.11. The van der Waals surface area contributed by atoms with Crippen LogP contribution in [0.15, 0.2) is 6.20 Å². The van der Waals surface area contributed by atoms with Crippen LogP contribution in [0.5, 0.6) is 0 Å². The fraction of sp³-hybridized carbons (Fsp3) is 0.750. The minimum Gasteiger partial charge on any atom is -0.383 e. The van der Waals surface area contributed by atoms with Gasteiger partial charge in [-0.25, -0.2) is 0 Å². The van der Waals surface area contributed by atoms with Crippen molar-refractivity contribution in [1.82, 2.24) is 9.78 Å². The van der Waals surface area contributed by atoms with Crippen LogP contribution in [-0.2, 0) is 5.60 Å². The molecule has 0 amide bonds. The highest BCUT2D eigenvalue weighted by atomic mass is 35.5. The molecule has 1 N–H and O–H groups in total. The molecule has 1 rings (SSSR count). The normalized spacial score (nSPS) is 15.8. The minimum absolute atomic E-state index is 0.101.